The number of ether oxygens (including phenoxy) is 1. The molecule has 0 heterocycles. The van der Waals surface area contributed by atoms with Crippen LogP contribution in [0.5, 0.6) is 0 Å². The largest absolute Gasteiger partial charge is 0.469 e. The highest BCUT2D eigenvalue weighted by molar-refractivity contribution is 5.86. The highest BCUT2D eigenvalue weighted by Crippen LogP contribution is 2.46. The van der Waals surface area contributed by atoms with Gasteiger partial charge in [0.2, 0.25) is 0 Å². The molecule has 20 heavy (non-hydrogen) atoms. The summed E-state index contributed by atoms with van der Waals surface area (Å²) in [4.78, 5) is 11.7. The quantitative estimate of drug-likeness (QED) is 0.863. The number of fused-ring (bicyclic) bond motifs is 1. The summed E-state index contributed by atoms with van der Waals surface area (Å²) >= 11 is 0. The molecule has 0 saturated heterocycles. The average molecular weight is 269 g/mol. The number of methoxy groups -OCH3 is 1. The van der Waals surface area contributed by atoms with E-state index in [0.29, 0.717) is 6.54 Å². The van der Waals surface area contributed by atoms with Crippen LogP contribution in [-0.4, -0.2) is 19.6 Å². The van der Waals surface area contributed by atoms with Gasteiger partial charge in [0, 0.05) is 12.2 Å². The van der Waals surface area contributed by atoms with E-state index in [1.807, 2.05) is 0 Å². The predicted molar refractivity (Wildman–Crippen MR) is 80.9 cm³/mol. The molecule has 0 bridgehead atoms. The number of anilines is 1. The molecule has 1 aliphatic carbocycles. The number of benzene rings is 2. The summed E-state index contributed by atoms with van der Waals surface area (Å²) in [6.45, 7) is 2.75. The number of carbonyl (C=O) groups excluding carboxylic acids is 1. The fourth-order valence-corrected chi connectivity index (χ4v) is 2.57. The highest BCUT2D eigenvalue weighted by atomic mass is 16.5. The van der Waals surface area contributed by atoms with Crippen LogP contribution in [0.4, 0.5) is 5.69 Å². The Kier molecular flexibility index (Phi) is 3.13. The Balaban J connectivity index is 1.75. The number of rotatable bonds is 4. The lowest BCUT2D eigenvalue weighted by molar-refractivity contribution is -0.146. The summed E-state index contributed by atoms with van der Waals surface area (Å²) in [5, 5.41) is 5.82. The molecule has 0 spiro atoms. The molecule has 0 unspecified atom stereocenters. The molecule has 1 saturated carbocycles. The second-order valence-corrected chi connectivity index (χ2v) is 5.69. The van der Waals surface area contributed by atoms with Gasteiger partial charge in [0.1, 0.15) is 0 Å². The first kappa shape index (κ1) is 13.0. The molecule has 0 atom stereocenters. The van der Waals surface area contributed by atoms with E-state index < -0.39 is 0 Å². The zero-order valence-electron chi connectivity index (χ0n) is 11.9. The standard InChI is InChI=1S/C17H19NO2/c1-12-3-4-14-10-15(6-5-13(14)9-12)18-11-17(7-8-17)16(19)20-2/h3-6,9-10,18H,7-8,11H2,1-2H3. The van der Waals surface area contributed by atoms with Crippen LogP contribution in [0.1, 0.15) is 18.4 Å². The van der Waals surface area contributed by atoms with Gasteiger partial charge in [-0.05, 0) is 42.7 Å². The minimum atomic E-state index is -0.295. The molecule has 3 nitrogen and oxygen atoms in total. The fraction of sp³-hybridized carbons (Fsp3) is 0.353. The molecule has 2 aromatic rings. The van der Waals surface area contributed by atoms with E-state index in [2.05, 4.69) is 48.6 Å². The van der Waals surface area contributed by atoms with Crippen molar-refractivity contribution in [1.82, 2.24) is 0 Å². The van der Waals surface area contributed by atoms with Crippen LogP contribution in [0.2, 0.25) is 0 Å². The Hall–Kier alpha value is -2.03. The van der Waals surface area contributed by atoms with Gasteiger partial charge in [-0.15, -0.1) is 0 Å². The van der Waals surface area contributed by atoms with Crippen LogP contribution in [0, 0.1) is 12.3 Å². The normalized spacial score (nSPS) is 15.9. The molecule has 3 heteroatoms. The van der Waals surface area contributed by atoms with Crippen LogP contribution in [0.25, 0.3) is 10.8 Å². The first-order valence-corrected chi connectivity index (χ1v) is 6.96. The van der Waals surface area contributed by atoms with Crippen molar-refractivity contribution in [3.63, 3.8) is 0 Å². The van der Waals surface area contributed by atoms with Gasteiger partial charge in [0.15, 0.2) is 0 Å². The molecule has 0 aromatic heterocycles. The lowest BCUT2D eigenvalue weighted by atomic mass is 10.1. The number of hydrogen-bond donors (Lipinski definition) is 1. The van der Waals surface area contributed by atoms with E-state index in [-0.39, 0.29) is 11.4 Å². The van der Waals surface area contributed by atoms with Crippen molar-refractivity contribution < 1.29 is 9.53 Å². The summed E-state index contributed by atoms with van der Waals surface area (Å²) in [6.07, 6.45) is 1.83. The average Bonchev–Trinajstić information content (AvgIpc) is 3.25. The topological polar surface area (TPSA) is 38.3 Å². The van der Waals surface area contributed by atoms with Gasteiger partial charge in [0.05, 0.1) is 12.5 Å². The summed E-state index contributed by atoms with van der Waals surface area (Å²) in [5.41, 5.74) is 2.02. The lowest BCUT2D eigenvalue weighted by Gasteiger charge is -2.14. The Morgan fingerprint density at radius 1 is 1.20 bits per heavy atom. The third-order valence-corrected chi connectivity index (χ3v) is 4.10. The Morgan fingerprint density at radius 3 is 2.60 bits per heavy atom. The van der Waals surface area contributed by atoms with Gasteiger partial charge in [-0.1, -0.05) is 29.8 Å². The highest BCUT2D eigenvalue weighted by Gasteiger charge is 2.50. The molecule has 2 aromatic carbocycles. The molecule has 1 aliphatic rings. The Labute approximate surface area is 118 Å². The maximum atomic E-state index is 11.7. The van der Waals surface area contributed by atoms with Crippen molar-refractivity contribution >= 4 is 22.4 Å². The lowest BCUT2D eigenvalue weighted by Crippen LogP contribution is -2.25. The summed E-state index contributed by atoms with van der Waals surface area (Å²) in [7, 11) is 1.46. The van der Waals surface area contributed by atoms with Gasteiger partial charge in [-0.25, -0.2) is 0 Å². The van der Waals surface area contributed by atoms with Crippen LogP contribution < -0.4 is 5.32 Å². The minimum Gasteiger partial charge on any atom is -0.469 e. The van der Waals surface area contributed by atoms with Crippen LogP contribution in [0.3, 0.4) is 0 Å². The van der Waals surface area contributed by atoms with Crippen LogP contribution in [-0.2, 0) is 9.53 Å². The molecule has 1 fully saturated rings. The van der Waals surface area contributed by atoms with Gasteiger partial charge in [-0.3, -0.25) is 4.79 Å². The minimum absolute atomic E-state index is 0.0959. The molecule has 1 N–H and O–H groups in total. The van der Waals surface area contributed by atoms with Gasteiger partial charge in [-0.2, -0.15) is 0 Å². The zero-order chi connectivity index (χ0) is 14.2. The maximum Gasteiger partial charge on any atom is 0.313 e. The van der Waals surface area contributed by atoms with Gasteiger partial charge >= 0.3 is 5.97 Å². The number of carbonyl (C=O) groups is 1. The number of aryl methyl sites for hydroxylation is 1. The molecule has 0 radical (unpaired) electrons. The second-order valence-electron chi connectivity index (χ2n) is 5.69. The summed E-state index contributed by atoms with van der Waals surface area (Å²) in [5.74, 6) is -0.0959. The smallest absolute Gasteiger partial charge is 0.313 e. The SMILES string of the molecule is COC(=O)C1(CNc2ccc3cc(C)ccc3c2)CC1. The predicted octanol–water partition coefficient (Wildman–Crippen LogP) is 3.51. The molecular formula is C17H19NO2. The molecular weight excluding hydrogens is 250 g/mol. The maximum absolute atomic E-state index is 11.7. The van der Waals surface area contributed by atoms with E-state index in [1.165, 1.54) is 23.4 Å². The first-order valence-electron chi connectivity index (χ1n) is 6.96. The van der Waals surface area contributed by atoms with E-state index >= 15 is 0 Å². The zero-order valence-corrected chi connectivity index (χ0v) is 11.9. The van der Waals surface area contributed by atoms with E-state index in [0.717, 1.165) is 18.5 Å². The molecule has 3 rings (SSSR count). The monoisotopic (exact) mass is 269 g/mol. The molecule has 104 valence electrons. The second kappa shape index (κ2) is 4.82. The van der Waals surface area contributed by atoms with Crippen LogP contribution >= 0.6 is 0 Å². The van der Waals surface area contributed by atoms with Crippen molar-refractivity contribution in [1.29, 1.82) is 0 Å². The Bertz CT molecular complexity index is 659. The number of nitrogens with one attached hydrogen (secondary N) is 1. The fourth-order valence-electron chi connectivity index (χ4n) is 2.57. The van der Waals surface area contributed by atoms with E-state index in [4.69, 9.17) is 4.74 Å². The van der Waals surface area contributed by atoms with Crippen molar-refractivity contribution in [3.8, 4) is 0 Å². The molecule has 0 aliphatic heterocycles. The first-order chi connectivity index (χ1) is 9.63. The summed E-state index contributed by atoms with van der Waals surface area (Å²) in [6, 6.07) is 12.7. The van der Waals surface area contributed by atoms with Crippen molar-refractivity contribution in [2.75, 3.05) is 19.0 Å². The van der Waals surface area contributed by atoms with E-state index in [9.17, 15) is 4.79 Å². The van der Waals surface area contributed by atoms with E-state index in [1.54, 1.807) is 0 Å². The third kappa shape index (κ3) is 2.36. The summed E-state index contributed by atoms with van der Waals surface area (Å²) < 4.78 is 4.87. The van der Waals surface area contributed by atoms with Gasteiger partial charge in [0.25, 0.3) is 0 Å². The van der Waals surface area contributed by atoms with Gasteiger partial charge < -0.3 is 10.1 Å². The third-order valence-electron chi connectivity index (χ3n) is 4.10. The number of esters is 1. The number of hydrogen-bond acceptors (Lipinski definition) is 3. The Morgan fingerprint density at radius 2 is 1.90 bits per heavy atom. The van der Waals surface area contributed by atoms with Crippen molar-refractivity contribution in [2.24, 2.45) is 5.41 Å². The molecule has 0 amide bonds. The van der Waals surface area contributed by atoms with Crippen molar-refractivity contribution in [2.45, 2.75) is 19.8 Å². The van der Waals surface area contributed by atoms with Crippen molar-refractivity contribution in [3.05, 3.63) is 42.0 Å². The van der Waals surface area contributed by atoms with Crippen LogP contribution in [0.15, 0.2) is 36.4 Å².